The molecule has 0 nitrogen and oxygen atoms in total. The Labute approximate surface area is 716 Å². The molecular weight excluding hydrogens is 1330 g/mol. The average Bonchev–Trinajstić information content (AvgIpc) is 0.890. The van der Waals surface area contributed by atoms with Gasteiger partial charge < -0.3 is 0 Å². The molecule has 12 saturated carbocycles. The lowest BCUT2D eigenvalue weighted by Crippen LogP contribution is -2.25. The van der Waals surface area contributed by atoms with Crippen LogP contribution >= 0.6 is 0 Å². The summed E-state index contributed by atoms with van der Waals surface area (Å²) in [5.41, 5.74) is 0. The van der Waals surface area contributed by atoms with E-state index in [9.17, 15) is 0 Å². The molecule has 0 saturated heterocycles. The van der Waals surface area contributed by atoms with Gasteiger partial charge in [-0.15, -0.1) is 19.7 Å². The van der Waals surface area contributed by atoms with E-state index in [1.54, 1.807) is 77.0 Å². The van der Waals surface area contributed by atoms with E-state index in [0.717, 1.165) is 142 Å². The zero-order valence-corrected chi connectivity index (χ0v) is 76.8. The van der Waals surface area contributed by atoms with Gasteiger partial charge in [-0.3, -0.25) is 0 Å². The van der Waals surface area contributed by atoms with Gasteiger partial charge in [-0.05, 0) is 394 Å². The number of rotatable bonds is 30. The zero-order valence-electron chi connectivity index (χ0n) is 76.8. The SMILES string of the molecule is C/C=C/C1CCC(C2CCC(CCC)CC2)CC1.C/C=C/C1CCC(C2CCC(CCCC)CC2)CC1.C/C=C/C1CCC(C2CCC(CCCCC)CC2)CC1.C=CC1CCC(C2CCC(CCC)CC2)CC1.C=CC1CCC(C2CCC(CCCC)CC2)CC1.C=CC1CCC(C2CCC(CCCCC)CC2)CC1.[HH].[HH].[HH].[HH].[HH].[HH].[HH].[HH].[HH].[HH].[HH].[HH]. The van der Waals surface area contributed by atoms with Gasteiger partial charge in [0.05, 0.1) is 0 Å². The molecule has 12 aliphatic carbocycles. The molecule has 0 heteroatoms. The molecule has 0 aromatic carbocycles. The highest BCUT2D eigenvalue weighted by atomic mass is 14.4. The second-order valence-electron chi connectivity index (χ2n) is 41.9. The van der Waals surface area contributed by atoms with Gasteiger partial charge in [-0.2, -0.15) is 0 Å². The van der Waals surface area contributed by atoms with Crippen LogP contribution in [0.3, 0.4) is 0 Å². The molecule has 111 heavy (non-hydrogen) atoms. The second-order valence-corrected chi connectivity index (χ2v) is 41.9. The van der Waals surface area contributed by atoms with Crippen molar-refractivity contribution in [2.75, 3.05) is 0 Å². The van der Waals surface area contributed by atoms with Crippen molar-refractivity contribution in [1.82, 2.24) is 0 Å². The smallest absolute Gasteiger partial charge is 0 e. The summed E-state index contributed by atoms with van der Waals surface area (Å²) in [4.78, 5) is 0. The van der Waals surface area contributed by atoms with Crippen LogP contribution in [-0.4, -0.2) is 0 Å². The van der Waals surface area contributed by atoms with Crippen molar-refractivity contribution in [3.63, 3.8) is 0 Å². The van der Waals surface area contributed by atoms with Gasteiger partial charge in [0.15, 0.2) is 0 Å². The topological polar surface area (TPSA) is 0 Å². The van der Waals surface area contributed by atoms with Crippen LogP contribution in [0.2, 0.25) is 0 Å². The third-order valence-corrected chi connectivity index (χ3v) is 34.4. The van der Waals surface area contributed by atoms with Crippen molar-refractivity contribution in [2.24, 2.45) is 142 Å². The van der Waals surface area contributed by atoms with Crippen molar-refractivity contribution in [2.45, 2.75) is 486 Å². The highest BCUT2D eigenvalue weighted by molar-refractivity contribution is 4.96. The Hall–Kier alpha value is -1.56. The summed E-state index contributed by atoms with van der Waals surface area (Å²) in [6, 6.07) is 0. The maximum Gasteiger partial charge on any atom is 0 e. The fourth-order valence-electron chi connectivity index (χ4n) is 26.7. The van der Waals surface area contributed by atoms with Crippen LogP contribution in [0, 0.1) is 142 Å². The molecule has 0 bridgehead atoms. The number of hydrogen-bond donors (Lipinski definition) is 0. The Balaban J connectivity index is -0.000000328. The Morgan fingerprint density at radius 1 is 0.180 bits per heavy atom. The summed E-state index contributed by atoms with van der Waals surface area (Å²) in [7, 11) is 0. The Bertz CT molecular complexity index is 2320. The molecule has 12 fully saturated rings. The Kier molecular flexibility index (Phi) is 51.5. The monoisotopic (exact) mass is 1560 g/mol. The van der Waals surface area contributed by atoms with E-state index in [-0.39, 0.29) is 17.1 Å². The van der Waals surface area contributed by atoms with E-state index >= 15 is 0 Å². The molecule has 0 aliphatic heterocycles. The standard InChI is InChI=1S/C20H36.2C19H34.2C18H32.C17H30.12H2/c1-3-5-6-8-18-11-15-20(16-12-18)19-13-9-17(7-4-2)10-14-19;1-3-5-6-7-17-10-14-19(15-11-17)18-12-8-16(4-2)9-13-18;1-3-5-7-17-10-14-19(15-11-17)18-12-8-16(6-4-2)9-13-18;1-3-5-6-16-9-13-18(14-10-16)17-11-7-15(4-2)8-12-17;1-3-5-15-7-11-17(12-8-15)18-13-9-16(6-4-2)10-14-18;1-3-5-15-8-12-17(13-9-15)16-10-6-14(4-2)7-11-16;;;;;;;;;;;;/h4,7,17-20H,3,5-6,8-16H2,1-2H3;4,16-19H,2-3,5-15H2,1H3;4,6,16-19H,3,5,7-15H2,1-2H3;4,15-18H,2-3,5-14H2,1H3;3,5,15-18H,4,6-14H2,1-2H3;4,14-17H,2-3,5-13H2,1H3;12*1H/b7-4+;;6-4+;;5-3+;;;;;;;;;;;;;. The van der Waals surface area contributed by atoms with Crippen LogP contribution in [0.25, 0.3) is 0 Å². The first-order valence-corrected chi connectivity index (χ1v) is 52.2. The van der Waals surface area contributed by atoms with E-state index < -0.39 is 0 Å². The minimum Gasteiger partial charge on any atom is -0.103 e. The van der Waals surface area contributed by atoms with Crippen LogP contribution in [0.5, 0.6) is 0 Å². The molecule has 12 aliphatic rings. The summed E-state index contributed by atoms with van der Waals surface area (Å²) in [5, 5.41) is 0. The van der Waals surface area contributed by atoms with Crippen LogP contribution in [0.15, 0.2) is 74.4 Å². The van der Waals surface area contributed by atoms with Gasteiger partial charge in [-0.1, -0.05) is 289 Å². The minimum absolute atomic E-state index is 0. The maximum atomic E-state index is 3.97. The zero-order chi connectivity index (χ0) is 78.9. The third-order valence-electron chi connectivity index (χ3n) is 34.4. The molecule has 12 rings (SSSR count). The fourth-order valence-corrected chi connectivity index (χ4v) is 26.7. The fraction of sp³-hybridized carbons (Fsp3) is 0.892. The lowest BCUT2D eigenvalue weighted by atomic mass is 9.68. The van der Waals surface area contributed by atoms with Crippen molar-refractivity contribution in [3.05, 3.63) is 74.4 Å². The highest BCUT2D eigenvalue weighted by Crippen LogP contribution is 2.49. The lowest BCUT2D eigenvalue weighted by Gasteiger charge is -2.37. The summed E-state index contributed by atoms with van der Waals surface area (Å²) >= 11 is 0. The average molecular weight is 1560 g/mol. The molecule has 0 aromatic rings. The summed E-state index contributed by atoms with van der Waals surface area (Å²) in [5.74, 6) is 24.6. The molecular formula is C111H222. The largest absolute Gasteiger partial charge is 0.103 e. The third kappa shape index (κ3) is 37.3. The summed E-state index contributed by atoms with van der Waals surface area (Å²) in [6.45, 7) is 32.4. The number of hydrogen-bond acceptors (Lipinski definition) is 0. The maximum absolute atomic E-state index is 3.97. The van der Waals surface area contributed by atoms with Gasteiger partial charge in [-0.25, -0.2) is 0 Å². The van der Waals surface area contributed by atoms with Crippen LogP contribution < -0.4 is 0 Å². The van der Waals surface area contributed by atoms with Gasteiger partial charge in [0.2, 0.25) is 0 Å². The van der Waals surface area contributed by atoms with Crippen molar-refractivity contribution >= 4 is 0 Å². The molecule has 0 amide bonds. The molecule has 0 atom stereocenters. The number of unbranched alkanes of at least 4 members (excludes halogenated alkanes) is 6. The van der Waals surface area contributed by atoms with Crippen LogP contribution in [0.4, 0.5) is 0 Å². The molecule has 0 aromatic heterocycles. The summed E-state index contributed by atoms with van der Waals surface area (Å²) < 4.78 is 0. The Morgan fingerprint density at radius 2 is 0.333 bits per heavy atom. The van der Waals surface area contributed by atoms with E-state index in [1.165, 1.54) is 347 Å². The first-order chi connectivity index (χ1) is 54.5. The van der Waals surface area contributed by atoms with E-state index in [0.29, 0.717) is 0 Å². The predicted octanol–water partition coefficient (Wildman–Crippen LogP) is 40.0. The van der Waals surface area contributed by atoms with Crippen molar-refractivity contribution < 1.29 is 17.1 Å². The second kappa shape index (κ2) is 59.2. The van der Waals surface area contributed by atoms with Gasteiger partial charge >= 0.3 is 0 Å². The van der Waals surface area contributed by atoms with E-state index in [4.69, 9.17) is 0 Å². The summed E-state index contributed by atoms with van der Waals surface area (Å²) in [6.07, 6.45) is 119. The highest BCUT2D eigenvalue weighted by Gasteiger charge is 2.37. The minimum atomic E-state index is 0. The normalized spacial score (nSPS) is 37.1. The van der Waals surface area contributed by atoms with Gasteiger partial charge in [0.25, 0.3) is 0 Å². The molecule has 0 spiro atoms. The molecule has 0 radical (unpaired) electrons. The van der Waals surface area contributed by atoms with E-state index in [1.807, 2.05) is 0 Å². The quantitative estimate of drug-likeness (QED) is 0.0497. The van der Waals surface area contributed by atoms with Crippen molar-refractivity contribution in [3.8, 4) is 0 Å². The molecule has 0 heterocycles. The molecule has 666 valence electrons. The first-order valence-electron chi connectivity index (χ1n) is 52.2. The Morgan fingerprint density at radius 3 is 0.486 bits per heavy atom. The number of allylic oxidation sites excluding steroid dienone is 9. The van der Waals surface area contributed by atoms with Crippen LogP contribution in [-0.2, 0) is 0 Å². The molecule has 0 unspecified atom stereocenters. The molecule has 0 N–H and O–H groups in total. The van der Waals surface area contributed by atoms with Gasteiger partial charge in [0, 0.05) is 17.1 Å². The van der Waals surface area contributed by atoms with E-state index in [2.05, 4.69) is 137 Å². The van der Waals surface area contributed by atoms with Crippen LogP contribution in [0.1, 0.15) is 503 Å². The lowest BCUT2D eigenvalue weighted by molar-refractivity contribution is 0.151. The van der Waals surface area contributed by atoms with Crippen molar-refractivity contribution in [1.29, 1.82) is 0 Å². The van der Waals surface area contributed by atoms with Gasteiger partial charge in [0.1, 0.15) is 0 Å². The first kappa shape index (κ1) is 96.6. The predicted molar refractivity (Wildman–Crippen MR) is 523 cm³/mol.